The molecule has 2 N–H and O–H groups in total. The first-order valence-corrected chi connectivity index (χ1v) is 6.57. The van der Waals surface area contributed by atoms with Crippen LogP contribution in [0, 0.1) is 0 Å². The second-order valence-electron chi connectivity index (χ2n) is 4.70. The third kappa shape index (κ3) is 2.46. The van der Waals surface area contributed by atoms with E-state index in [9.17, 15) is 14.4 Å². The van der Waals surface area contributed by atoms with Crippen molar-refractivity contribution in [3.8, 4) is 17.2 Å². The topological polar surface area (TPSA) is 106 Å². The Labute approximate surface area is 124 Å². The normalized spacial score (nSPS) is 12.9. The Bertz CT molecular complexity index is 852. The van der Waals surface area contributed by atoms with E-state index in [1.165, 1.54) is 17.0 Å². The molecule has 0 bridgehead atoms. The first kappa shape index (κ1) is 13.9. The molecule has 1 aromatic heterocycles. The van der Waals surface area contributed by atoms with Crippen molar-refractivity contribution in [1.82, 2.24) is 9.13 Å². The van der Waals surface area contributed by atoms with E-state index in [0.717, 1.165) is 4.57 Å². The van der Waals surface area contributed by atoms with Crippen LogP contribution < -0.4 is 26.3 Å². The summed E-state index contributed by atoms with van der Waals surface area (Å²) >= 11 is 0. The van der Waals surface area contributed by atoms with Crippen molar-refractivity contribution >= 4 is 5.91 Å². The molecule has 8 nitrogen and oxygen atoms in total. The molecule has 1 aliphatic heterocycles. The predicted molar refractivity (Wildman–Crippen MR) is 76.5 cm³/mol. The molecule has 0 unspecified atom stereocenters. The zero-order chi connectivity index (χ0) is 15.7. The highest BCUT2D eigenvalue weighted by atomic mass is 16.6. The van der Waals surface area contributed by atoms with Crippen molar-refractivity contribution in [2.45, 2.75) is 6.54 Å². The first-order chi connectivity index (χ1) is 10.6. The van der Waals surface area contributed by atoms with Crippen LogP contribution in [0.2, 0.25) is 0 Å². The van der Waals surface area contributed by atoms with Crippen LogP contribution in [0.15, 0.2) is 40.2 Å². The quantitative estimate of drug-likeness (QED) is 0.751. The van der Waals surface area contributed by atoms with Gasteiger partial charge >= 0.3 is 11.1 Å². The average molecular weight is 303 g/mol. The third-order valence-electron chi connectivity index (χ3n) is 3.19. The van der Waals surface area contributed by atoms with E-state index in [1.54, 1.807) is 18.2 Å². The van der Waals surface area contributed by atoms with Crippen molar-refractivity contribution in [3.05, 3.63) is 51.3 Å². The zero-order valence-corrected chi connectivity index (χ0v) is 11.5. The number of hydrogen-bond acceptors (Lipinski definition) is 5. The number of carbonyl (C=O) groups is 1. The fraction of sp³-hybridized carbons (Fsp3) is 0.214. The van der Waals surface area contributed by atoms with Gasteiger partial charge < -0.3 is 15.2 Å². The Morgan fingerprint density at radius 2 is 1.82 bits per heavy atom. The summed E-state index contributed by atoms with van der Waals surface area (Å²) in [5.74, 6) is 0.403. The molecule has 114 valence electrons. The van der Waals surface area contributed by atoms with Crippen molar-refractivity contribution in [2.24, 2.45) is 5.73 Å². The van der Waals surface area contributed by atoms with Crippen molar-refractivity contribution in [2.75, 3.05) is 13.2 Å². The van der Waals surface area contributed by atoms with Gasteiger partial charge in [0, 0.05) is 18.5 Å². The summed E-state index contributed by atoms with van der Waals surface area (Å²) in [5.41, 5.74) is 3.90. The lowest BCUT2D eigenvalue weighted by atomic mass is 10.2. The molecule has 1 aliphatic rings. The molecule has 1 aromatic carbocycles. The minimum absolute atomic E-state index is 0.337. The lowest BCUT2D eigenvalue weighted by molar-refractivity contribution is -0.118. The molecule has 0 saturated heterocycles. The number of hydrogen-bond donors (Lipinski definition) is 1. The second kappa shape index (κ2) is 5.40. The number of nitrogens with two attached hydrogens (primary N) is 1. The number of benzene rings is 1. The van der Waals surface area contributed by atoms with Gasteiger partial charge in [-0.3, -0.25) is 23.5 Å². The monoisotopic (exact) mass is 303 g/mol. The van der Waals surface area contributed by atoms with Gasteiger partial charge in [-0.2, -0.15) is 0 Å². The molecular weight excluding hydrogens is 290 g/mol. The molecular formula is C14H13N3O5. The van der Waals surface area contributed by atoms with Crippen LogP contribution in [0.25, 0.3) is 5.69 Å². The molecule has 2 aromatic rings. The van der Waals surface area contributed by atoms with Crippen LogP contribution in [0.1, 0.15) is 0 Å². The zero-order valence-electron chi connectivity index (χ0n) is 11.5. The third-order valence-corrected chi connectivity index (χ3v) is 3.19. The second-order valence-corrected chi connectivity index (χ2v) is 4.70. The number of nitrogens with zero attached hydrogens (tertiary/aromatic N) is 2. The van der Waals surface area contributed by atoms with Crippen LogP contribution in [-0.4, -0.2) is 28.3 Å². The predicted octanol–water partition coefficient (Wildman–Crippen LogP) is -0.744. The fourth-order valence-electron chi connectivity index (χ4n) is 2.19. The van der Waals surface area contributed by atoms with Crippen LogP contribution in [0.3, 0.4) is 0 Å². The molecule has 0 aliphatic carbocycles. The lowest BCUT2D eigenvalue weighted by Gasteiger charge is -2.19. The molecule has 8 heteroatoms. The Kier molecular flexibility index (Phi) is 3.42. The van der Waals surface area contributed by atoms with E-state index in [0.29, 0.717) is 30.4 Å². The molecule has 22 heavy (non-hydrogen) atoms. The maximum atomic E-state index is 12.1. The summed E-state index contributed by atoms with van der Waals surface area (Å²) in [6.07, 6.45) is 2.74. The Morgan fingerprint density at radius 3 is 2.55 bits per heavy atom. The van der Waals surface area contributed by atoms with Crippen LogP contribution in [-0.2, 0) is 11.3 Å². The molecule has 1 amide bonds. The highest BCUT2D eigenvalue weighted by Crippen LogP contribution is 2.31. The number of aromatic nitrogens is 2. The average Bonchev–Trinajstić information content (AvgIpc) is 2.51. The molecule has 0 radical (unpaired) electrons. The molecule has 0 spiro atoms. The summed E-state index contributed by atoms with van der Waals surface area (Å²) in [7, 11) is 0. The SMILES string of the molecule is NC(=O)Cn1ccn(-c2ccc3c(c2)OCCO3)c(=O)c1=O. The van der Waals surface area contributed by atoms with Crippen LogP contribution in [0.4, 0.5) is 0 Å². The van der Waals surface area contributed by atoms with Gasteiger partial charge in [-0.15, -0.1) is 0 Å². The molecule has 0 atom stereocenters. The number of primary amides is 1. The fourth-order valence-corrected chi connectivity index (χ4v) is 2.19. The number of carbonyl (C=O) groups excluding carboxylic acids is 1. The summed E-state index contributed by atoms with van der Waals surface area (Å²) in [4.78, 5) is 35.0. The van der Waals surface area contributed by atoms with Gasteiger partial charge in [-0.25, -0.2) is 0 Å². The van der Waals surface area contributed by atoms with Gasteiger partial charge in [0.15, 0.2) is 11.5 Å². The van der Waals surface area contributed by atoms with Gasteiger partial charge in [-0.1, -0.05) is 0 Å². The number of amides is 1. The molecule has 0 fully saturated rings. The largest absolute Gasteiger partial charge is 0.486 e. The van der Waals surface area contributed by atoms with Gasteiger partial charge in [0.05, 0.1) is 5.69 Å². The summed E-state index contributed by atoms with van der Waals surface area (Å²) < 4.78 is 13.0. The minimum atomic E-state index is -0.823. The Morgan fingerprint density at radius 1 is 1.09 bits per heavy atom. The van der Waals surface area contributed by atoms with Crippen LogP contribution >= 0.6 is 0 Å². The molecule has 0 saturated carbocycles. The lowest BCUT2D eigenvalue weighted by Crippen LogP contribution is -2.41. The minimum Gasteiger partial charge on any atom is -0.486 e. The van der Waals surface area contributed by atoms with Crippen molar-refractivity contribution in [3.63, 3.8) is 0 Å². The number of fused-ring (bicyclic) bond motifs is 1. The molecule has 2 heterocycles. The summed E-state index contributed by atoms with van der Waals surface area (Å²) in [6, 6.07) is 4.94. The van der Waals surface area contributed by atoms with Gasteiger partial charge in [0.1, 0.15) is 19.8 Å². The summed E-state index contributed by atoms with van der Waals surface area (Å²) in [5, 5.41) is 0. The first-order valence-electron chi connectivity index (χ1n) is 6.57. The maximum Gasteiger partial charge on any atom is 0.320 e. The van der Waals surface area contributed by atoms with E-state index in [4.69, 9.17) is 15.2 Å². The Balaban J connectivity index is 2.06. The Hall–Kier alpha value is -3.03. The van der Waals surface area contributed by atoms with E-state index < -0.39 is 17.0 Å². The van der Waals surface area contributed by atoms with Crippen LogP contribution in [0.5, 0.6) is 11.5 Å². The van der Waals surface area contributed by atoms with Gasteiger partial charge in [0.2, 0.25) is 5.91 Å². The highest BCUT2D eigenvalue weighted by Gasteiger charge is 2.14. The van der Waals surface area contributed by atoms with E-state index in [1.807, 2.05) is 0 Å². The number of rotatable bonds is 3. The summed E-state index contributed by atoms with van der Waals surface area (Å²) in [6.45, 7) is 0.553. The van der Waals surface area contributed by atoms with Gasteiger partial charge in [-0.05, 0) is 12.1 Å². The molecule has 3 rings (SSSR count). The smallest absolute Gasteiger partial charge is 0.320 e. The highest BCUT2D eigenvalue weighted by molar-refractivity contribution is 5.73. The van der Waals surface area contributed by atoms with E-state index >= 15 is 0 Å². The van der Waals surface area contributed by atoms with E-state index in [2.05, 4.69) is 0 Å². The van der Waals surface area contributed by atoms with E-state index in [-0.39, 0.29) is 6.54 Å². The van der Waals surface area contributed by atoms with Gasteiger partial charge in [0.25, 0.3) is 0 Å². The van der Waals surface area contributed by atoms with Crippen molar-refractivity contribution < 1.29 is 14.3 Å². The number of ether oxygens (including phenoxy) is 2. The maximum absolute atomic E-state index is 12.1. The van der Waals surface area contributed by atoms with Crippen molar-refractivity contribution in [1.29, 1.82) is 0 Å². The standard InChI is InChI=1S/C14H13N3O5/c15-12(18)8-16-3-4-17(14(20)13(16)19)9-1-2-10-11(7-9)22-6-5-21-10/h1-4,7H,5-6,8H2,(H2,15,18).